The van der Waals surface area contributed by atoms with E-state index >= 15 is 0 Å². The van der Waals surface area contributed by atoms with E-state index in [1.165, 1.54) is 31.3 Å². The molecule has 0 saturated carbocycles. The maximum Gasteiger partial charge on any atom is 0.328 e. The summed E-state index contributed by atoms with van der Waals surface area (Å²) in [5, 5.41) is 20.6. The molecule has 2 heterocycles. The quantitative estimate of drug-likeness (QED) is 0.637. The summed E-state index contributed by atoms with van der Waals surface area (Å²) in [6, 6.07) is 4.59. The lowest BCUT2D eigenvalue weighted by Gasteiger charge is -2.12. The average Bonchev–Trinajstić information content (AvgIpc) is 3.24. The van der Waals surface area contributed by atoms with Crippen LogP contribution in [-0.4, -0.2) is 36.5 Å². The molecular weight excluding hydrogens is 401 g/mol. The Morgan fingerprint density at radius 1 is 1.31 bits per heavy atom. The number of aliphatic carboxylic acids is 1. The van der Waals surface area contributed by atoms with Crippen LogP contribution in [0.2, 0.25) is 5.02 Å². The highest BCUT2D eigenvalue weighted by Gasteiger charge is 2.23. The third-order valence-electron chi connectivity index (χ3n) is 4.58. The first-order valence-corrected chi connectivity index (χ1v) is 9.12. The van der Waals surface area contributed by atoms with Crippen LogP contribution in [-0.2, 0) is 11.3 Å². The van der Waals surface area contributed by atoms with Gasteiger partial charge in [-0.05, 0) is 44.5 Å². The van der Waals surface area contributed by atoms with Crippen LogP contribution in [0.4, 0.5) is 10.1 Å². The Balaban J connectivity index is 1.85. The Kier molecular flexibility index (Phi) is 5.69. The number of carbonyl (C=O) groups is 2. The van der Waals surface area contributed by atoms with Crippen molar-refractivity contribution in [3.8, 4) is 0 Å². The number of benzene rings is 1. The number of hydrogen-bond acceptors (Lipinski definition) is 4. The van der Waals surface area contributed by atoms with Gasteiger partial charge in [0.1, 0.15) is 17.6 Å². The molecule has 1 unspecified atom stereocenters. The standard InChI is InChI=1S/C19H19ClFN5O3/c1-10-17(23-18(27)16-6-7-22-26(16)12(3)19(28)29)11(2)25(24-10)9-13-4-5-14(21)8-15(13)20/h4-8,12H,9H2,1-3H3,(H,23,27)(H,28,29). The minimum atomic E-state index is -1.10. The number of carboxylic acid groups (broad SMARTS) is 1. The number of anilines is 1. The zero-order valence-electron chi connectivity index (χ0n) is 16.0. The second kappa shape index (κ2) is 8.04. The van der Waals surface area contributed by atoms with E-state index in [0.717, 1.165) is 4.68 Å². The largest absolute Gasteiger partial charge is 0.480 e. The second-order valence-corrected chi connectivity index (χ2v) is 6.98. The van der Waals surface area contributed by atoms with Crippen molar-refractivity contribution >= 4 is 29.2 Å². The van der Waals surface area contributed by atoms with Crippen molar-refractivity contribution in [2.45, 2.75) is 33.4 Å². The predicted molar refractivity (Wildman–Crippen MR) is 105 cm³/mol. The van der Waals surface area contributed by atoms with Crippen LogP contribution < -0.4 is 5.32 Å². The van der Waals surface area contributed by atoms with Crippen molar-refractivity contribution in [2.24, 2.45) is 0 Å². The fraction of sp³-hybridized carbons (Fsp3) is 0.263. The molecule has 8 nitrogen and oxygen atoms in total. The molecule has 3 rings (SSSR count). The number of nitrogens with zero attached hydrogens (tertiary/aromatic N) is 4. The van der Waals surface area contributed by atoms with Crippen molar-refractivity contribution < 1.29 is 19.1 Å². The van der Waals surface area contributed by atoms with Crippen molar-refractivity contribution in [1.29, 1.82) is 0 Å². The van der Waals surface area contributed by atoms with Gasteiger partial charge >= 0.3 is 5.97 Å². The summed E-state index contributed by atoms with van der Waals surface area (Å²) in [7, 11) is 0. The number of aryl methyl sites for hydroxylation is 1. The third-order valence-corrected chi connectivity index (χ3v) is 4.93. The van der Waals surface area contributed by atoms with Crippen LogP contribution in [0.5, 0.6) is 0 Å². The lowest BCUT2D eigenvalue weighted by molar-refractivity contribution is -0.140. The summed E-state index contributed by atoms with van der Waals surface area (Å²) in [6.45, 7) is 5.26. The Bertz CT molecular complexity index is 1090. The fourth-order valence-electron chi connectivity index (χ4n) is 2.93. The average molecular weight is 420 g/mol. The lowest BCUT2D eigenvalue weighted by atomic mass is 10.2. The number of rotatable bonds is 6. The van der Waals surface area contributed by atoms with Gasteiger partial charge in [-0.2, -0.15) is 10.2 Å². The normalized spacial score (nSPS) is 12.0. The molecule has 0 spiro atoms. The third kappa shape index (κ3) is 4.14. The van der Waals surface area contributed by atoms with Gasteiger partial charge < -0.3 is 10.4 Å². The number of amides is 1. The number of carboxylic acids is 1. The van der Waals surface area contributed by atoms with E-state index in [1.807, 2.05) is 0 Å². The van der Waals surface area contributed by atoms with Crippen LogP contribution in [0.15, 0.2) is 30.5 Å². The molecule has 3 aromatic rings. The summed E-state index contributed by atoms with van der Waals surface area (Å²) >= 11 is 6.09. The SMILES string of the molecule is Cc1nn(Cc2ccc(F)cc2Cl)c(C)c1NC(=O)c1ccnn1C(C)C(=O)O. The summed E-state index contributed by atoms with van der Waals surface area (Å²) in [6.07, 6.45) is 1.37. The Labute approximate surface area is 170 Å². The molecule has 0 aliphatic heterocycles. The Hall–Kier alpha value is -3.20. The van der Waals surface area contributed by atoms with Gasteiger partial charge in [-0.25, -0.2) is 13.9 Å². The van der Waals surface area contributed by atoms with Gasteiger partial charge in [0.15, 0.2) is 0 Å². The molecule has 152 valence electrons. The van der Waals surface area contributed by atoms with E-state index in [-0.39, 0.29) is 10.7 Å². The highest BCUT2D eigenvalue weighted by atomic mass is 35.5. The van der Waals surface area contributed by atoms with E-state index in [4.69, 9.17) is 11.6 Å². The molecule has 0 radical (unpaired) electrons. The topological polar surface area (TPSA) is 102 Å². The van der Waals surface area contributed by atoms with Gasteiger partial charge in [-0.3, -0.25) is 9.48 Å². The van der Waals surface area contributed by atoms with Crippen LogP contribution in [0, 0.1) is 19.7 Å². The molecule has 0 saturated heterocycles. The predicted octanol–water partition coefficient (Wildman–Crippen LogP) is 3.44. The second-order valence-electron chi connectivity index (χ2n) is 6.57. The Morgan fingerprint density at radius 2 is 2.03 bits per heavy atom. The first-order chi connectivity index (χ1) is 13.7. The van der Waals surface area contributed by atoms with E-state index in [2.05, 4.69) is 15.5 Å². The highest BCUT2D eigenvalue weighted by Crippen LogP contribution is 2.24. The van der Waals surface area contributed by atoms with E-state index < -0.39 is 23.7 Å². The van der Waals surface area contributed by atoms with Gasteiger partial charge in [0.25, 0.3) is 5.91 Å². The van der Waals surface area contributed by atoms with Gasteiger partial charge in [-0.15, -0.1) is 0 Å². The molecule has 0 fully saturated rings. The zero-order chi connectivity index (χ0) is 21.3. The summed E-state index contributed by atoms with van der Waals surface area (Å²) in [5.41, 5.74) is 2.56. The van der Waals surface area contributed by atoms with E-state index in [1.54, 1.807) is 24.6 Å². The van der Waals surface area contributed by atoms with Crippen LogP contribution in [0.1, 0.15) is 40.4 Å². The number of hydrogen-bond donors (Lipinski definition) is 2. The fourth-order valence-corrected chi connectivity index (χ4v) is 3.15. The molecule has 1 aromatic carbocycles. The van der Waals surface area contributed by atoms with Gasteiger partial charge in [0.05, 0.1) is 23.6 Å². The highest BCUT2D eigenvalue weighted by molar-refractivity contribution is 6.31. The molecule has 0 aliphatic carbocycles. The summed E-state index contributed by atoms with van der Waals surface area (Å²) < 4.78 is 16.1. The van der Waals surface area contributed by atoms with E-state index in [0.29, 0.717) is 29.2 Å². The van der Waals surface area contributed by atoms with Crippen molar-refractivity contribution in [1.82, 2.24) is 19.6 Å². The van der Waals surface area contributed by atoms with Gasteiger partial charge in [0.2, 0.25) is 0 Å². The molecule has 10 heteroatoms. The molecule has 1 atom stereocenters. The van der Waals surface area contributed by atoms with Crippen molar-refractivity contribution in [3.63, 3.8) is 0 Å². The number of halogens is 2. The maximum absolute atomic E-state index is 13.3. The van der Waals surface area contributed by atoms with E-state index in [9.17, 15) is 19.1 Å². The maximum atomic E-state index is 13.3. The number of nitrogens with one attached hydrogen (secondary N) is 1. The lowest BCUT2D eigenvalue weighted by Crippen LogP contribution is -2.24. The minimum absolute atomic E-state index is 0.119. The van der Waals surface area contributed by atoms with Crippen molar-refractivity contribution in [3.05, 3.63) is 63.9 Å². The first-order valence-electron chi connectivity index (χ1n) is 8.74. The zero-order valence-corrected chi connectivity index (χ0v) is 16.7. The molecular formula is C19H19ClFN5O3. The van der Waals surface area contributed by atoms with Gasteiger partial charge in [0, 0.05) is 11.2 Å². The number of carbonyl (C=O) groups excluding carboxylic acids is 1. The number of aromatic nitrogens is 4. The Morgan fingerprint density at radius 3 is 2.69 bits per heavy atom. The van der Waals surface area contributed by atoms with Crippen LogP contribution in [0.3, 0.4) is 0 Å². The molecule has 0 bridgehead atoms. The van der Waals surface area contributed by atoms with Crippen molar-refractivity contribution in [2.75, 3.05) is 5.32 Å². The van der Waals surface area contributed by atoms with Gasteiger partial charge in [-0.1, -0.05) is 17.7 Å². The van der Waals surface area contributed by atoms with Crippen LogP contribution >= 0.6 is 11.6 Å². The first kappa shape index (κ1) is 20.5. The monoisotopic (exact) mass is 419 g/mol. The summed E-state index contributed by atoms with van der Waals surface area (Å²) in [5.74, 6) is -2.02. The summed E-state index contributed by atoms with van der Waals surface area (Å²) in [4.78, 5) is 23.9. The molecule has 29 heavy (non-hydrogen) atoms. The molecule has 0 aliphatic rings. The molecule has 1 amide bonds. The molecule has 2 aromatic heterocycles. The minimum Gasteiger partial charge on any atom is -0.480 e. The smallest absolute Gasteiger partial charge is 0.328 e. The molecule has 2 N–H and O–H groups in total. The van der Waals surface area contributed by atoms with Crippen LogP contribution in [0.25, 0.3) is 0 Å².